The number of aryl methyl sites for hydroxylation is 1. The molecule has 2 heterocycles. The van der Waals surface area contributed by atoms with E-state index < -0.39 is 5.41 Å². The van der Waals surface area contributed by atoms with Crippen LogP contribution in [-0.4, -0.2) is 35.4 Å². The molecule has 1 aliphatic heterocycles. The zero-order chi connectivity index (χ0) is 20.3. The van der Waals surface area contributed by atoms with Gasteiger partial charge in [0.15, 0.2) is 0 Å². The average molecular weight is 389 g/mol. The Bertz CT molecular complexity index is 1050. The summed E-state index contributed by atoms with van der Waals surface area (Å²) in [5.74, 6) is -0.225. The molecule has 0 spiro atoms. The summed E-state index contributed by atoms with van der Waals surface area (Å²) in [5.41, 5.74) is 7.25. The van der Waals surface area contributed by atoms with Gasteiger partial charge in [-0.2, -0.15) is 0 Å². The minimum atomic E-state index is -0.554. The second kappa shape index (κ2) is 8.21. The van der Waals surface area contributed by atoms with Gasteiger partial charge in [0, 0.05) is 11.1 Å². The van der Waals surface area contributed by atoms with Gasteiger partial charge < -0.3 is 15.6 Å². The molecule has 1 aromatic heterocycles. The molecule has 4 rings (SSSR count). The number of piperidine rings is 1. The number of aromatic amines is 1. The van der Waals surface area contributed by atoms with Gasteiger partial charge in [0.2, 0.25) is 5.91 Å². The second-order valence-corrected chi connectivity index (χ2v) is 7.97. The fourth-order valence-corrected chi connectivity index (χ4v) is 4.49. The lowest BCUT2D eigenvalue weighted by atomic mass is 9.72. The van der Waals surface area contributed by atoms with E-state index in [1.165, 1.54) is 0 Å². The number of pyridine rings is 1. The molecule has 5 heteroatoms. The first kappa shape index (κ1) is 19.4. The lowest BCUT2D eigenvalue weighted by molar-refractivity contribution is -0.125. The SMILES string of the molecule is NC(=O)C1(c2ccccc2)CCN(CCCc2cc3ccccc3c(=O)[nH]2)CC1. The van der Waals surface area contributed by atoms with Gasteiger partial charge >= 0.3 is 0 Å². The monoisotopic (exact) mass is 389 g/mol. The van der Waals surface area contributed by atoms with E-state index in [0.29, 0.717) is 0 Å². The van der Waals surface area contributed by atoms with E-state index in [1.54, 1.807) is 0 Å². The molecule has 1 saturated heterocycles. The van der Waals surface area contributed by atoms with Crippen molar-refractivity contribution in [2.24, 2.45) is 5.73 Å². The molecule has 1 amide bonds. The number of H-pyrrole nitrogens is 1. The molecule has 0 radical (unpaired) electrons. The minimum Gasteiger partial charge on any atom is -0.369 e. The number of primary amides is 1. The summed E-state index contributed by atoms with van der Waals surface area (Å²) in [4.78, 5) is 29.9. The first-order chi connectivity index (χ1) is 14.1. The minimum absolute atomic E-state index is 0.0230. The number of amides is 1. The van der Waals surface area contributed by atoms with Crippen molar-refractivity contribution in [3.8, 4) is 0 Å². The maximum atomic E-state index is 12.3. The van der Waals surface area contributed by atoms with Crippen molar-refractivity contribution in [2.45, 2.75) is 31.1 Å². The molecule has 2 aromatic carbocycles. The molecule has 5 nitrogen and oxygen atoms in total. The Labute approximate surface area is 170 Å². The normalized spacial score (nSPS) is 16.7. The van der Waals surface area contributed by atoms with Crippen LogP contribution < -0.4 is 11.3 Å². The Balaban J connectivity index is 1.36. The lowest BCUT2D eigenvalue weighted by Crippen LogP contribution is -2.50. The summed E-state index contributed by atoms with van der Waals surface area (Å²) in [7, 11) is 0. The van der Waals surface area contributed by atoms with E-state index in [1.807, 2.05) is 54.6 Å². The van der Waals surface area contributed by atoms with Crippen LogP contribution in [0.25, 0.3) is 10.8 Å². The summed E-state index contributed by atoms with van der Waals surface area (Å²) >= 11 is 0. The molecule has 3 N–H and O–H groups in total. The highest BCUT2D eigenvalue weighted by Gasteiger charge is 2.41. The van der Waals surface area contributed by atoms with Crippen molar-refractivity contribution >= 4 is 16.7 Å². The number of carbonyl (C=O) groups is 1. The van der Waals surface area contributed by atoms with Crippen LogP contribution in [0.5, 0.6) is 0 Å². The Morgan fingerprint density at radius 2 is 1.72 bits per heavy atom. The van der Waals surface area contributed by atoms with Crippen molar-refractivity contribution in [1.29, 1.82) is 0 Å². The van der Waals surface area contributed by atoms with Crippen molar-refractivity contribution in [2.75, 3.05) is 19.6 Å². The largest absolute Gasteiger partial charge is 0.369 e. The second-order valence-electron chi connectivity index (χ2n) is 7.97. The zero-order valence-corrected chi connectivity index (χ0v) is 16.6. The number of benzene rings is 2. The number of hydrogen-bond donors (Lipinski definition) is 2. The lowest BCUT2D eigenvalue weighted by Gasteiger charge is -2.40. The standard InChI is InChI=1S/C24H27N3O2/c25-23(29)24(19-8-2-1-3-9-19)12-15-27(16-13-24)14-6-10-20-17-18-7-4-5-11-21(18)22(28)26-20/h1-5,7-9,11,17H,6,10,12-16H2,(H2,25,29)(H,26,28). The Morgan fingerprint density at radius 1 is 1.03 bits per heavy atom. The smallest absolute Gasteiger partial charge is 0.256 e. The predicted octanol–water partition coefficient (Wildman–Crippen LogP) is 2.98. The fourth-order valence-electron chi connectivity index (χ4n) is 4.49. The zero-order valence-electron chi connectivity index (χ0n) is 16.6. The first-order valence-electron chi connectivity index (χ1n) is 10.3. The van der Waals surface area contributed by atoms with E-state index >= 15 is 0 Å². The van der Waals surface area contributed by atoms with Crippen LogP contribution in [0, 0.1) is 0 Å². The molecule has 1 fully saturated rings. The van der Waals surface area contributed by atoms with Crippen LogP contribution in [0.15, 0.2) is 65.5 Å². The summed E-state index contributed by atoms with van der Waals surface area (Å²) in [6.45, 7) is 2.65. The summed E-state index contributed by atoms with van der Waals surface area (Å²) in [6, 6.07) is 19.7. The number of nitrogens with two attached hydrogens (primary N) is 1. The van der Waals surface area contributed by atoms with Gasteiger partial charge in [0.25, 0.3) is 5.56 Å². The summed E-state index contributed by atoms with van der Waals surface area (Å²) < 4.78 is 0. The van der Waals surface area contributed by atoms with Crippen LogP contribution in [-0.2, 0) is 16.6 Å². The van der Waals surface area contributed by atoms with Gasteiger partial charge in [-0.15, -0.1) is 0 Å². The predicted molar refractivity (Wildman–Crippen MR) is 116 cm³/mol. The van der Waals surface area contributed by atoms with Crippen LogP contribution in [0.3, 0.4) is 0 Å². The highest BCUT2D eigenvalue weighted by atomic mass is 16.1. The number of likely N-dealkylation sites (tertiary alicyclic amines) is 1. The quantitative estimate of drug-likeness (QED) is 0.680. The van der Waals surface area contributed by atoms with Crippen molar-refractivity contribution in [3.05, 3.63) is 82.3 Å². The van der Waals surface area contributed by atoms with Gasteiger partial charge in [-0.25, -0.2) is 0 Å². The van der Waals surface area contributed by atoms with Gasteiger partial charge in [0.05, 0.1) is 5.41 Å². The van der Waals surface area contributed by atoms with Crippen LogP contribution in [0.4, 0.5) is 0 Å². The van der Waals surface area contributed by atoms with Crippen LogP contribution in [0.1, 0.15) is 30.5 Å². The van der Waals surface area contributed by atoms with E-state index in [-0.39, 0.29) is 11.5 Å². The van der Waals surface area contributed by atoms with E-state index in [2.05, 4.69) is 16.0 Å². The number of nitrogens with one attached hydrogen (secondary N) is 1. The highest BCUT2D eigenvalue weighted by molar-refractivity contribution is 5.87. The average Bonchev–Trinajstić information content (AvgIpc) is 2.75. The molecule has 0 aliphatic carbocycles. The summed E-state index contributed by atoms with van der Waals surface area (Å²) in [6.07, 6.45) is 3.29. The molecule has 0 atom stereocenters. The third kappa shape index (κ3) is 3.96. The fraction of sp³-hybridized carbons (Fsp3) is 0.333. The molecule has 0 unspecified atom stereocenters. The molecular formula is C24H27N3O2. The van der Waals surface area contributed by atoms with Gasteiger partial charge in [0.1, 0.15) is 0 Å². The molecule has 0 bridgehead atoms. The van der Waals surface area contributed by atoms with Crippen LogP contribution in [0.2, 0.25) is 0 Å². The number of rotatable bonds is 6. The van der Waals surface area contributed by atoms with Crippen molar-refractivity contribution in [3.63, 3.8) is 0 Å². The van der Waals surface area contributed by atoms with E-state index in [4.69, 9.17) is 5.73 Å². The topological polar surface area (TPSA) is 79.2 Å². The third-order valence-corrected chi connectivity index (χ3v) is 6.24. The van der Waals surface area contributed by atoms with E-state index in [9.17, 15) is 9.59 Å². The van der Waals surface area contributed by atoms with Crippen LogP contribution >= 0.6 is 0 Å². The number of carbonyl (C=O) groups excluding carboxylic acids is 1. The molecule has 29 heavy (non-hydrogen) atoms. The van der Waals surface area contributed by atoms with Crippen molar-refractivity contribution < 1.29 is 4.79 Å². The van der Waals surface area contributed by atoms with Gasteiger partial charge in [-0.3, -0.25) is 9.59 Å². The number of nitrogens with zero attached hydrogens (tertiary/aromatic N) is 1. The maximum absolute atomic E-state index is 12.3. The number of aromatic nitrogens is 1. The number of hydrogen-bond acceptors (Lipinski definition) is 3. The molecule has 1 aliphatic rings. The summed E-state index contributed by atoms with van der Waals surface area (Å²) in [5, 5.41) is 1.72. The molecule has 150 valence electrons. The highest BCUT2D eigenvalue weighted by Crippen LogP contribution is 2.35. The number of fused-ring (bicyclic) bond motifs is 1. The first-order valence-corrected chi connectivity index (χ1v) is 10.3. The Kier molecular flexibility index (Phi) is 5.49. The molecular weight excluding hydrogens is 362 g/mol. The molecule has 3 aromatic rings. The van der Waals surface area contributed by atoms with E-state index in [0.717, 1.165) is 67.3 Å². The van der Waals surface area contributed by atoms with Crippen molar-refractivity contribution in [1.82, 2.24) is 9.88 Å². The molecule has 0 saturated carbocycles. The van der Waals surface area contributed by atoms with Gasteiger partial charge in [-0.05, 0) is 68.4 Å². The van der Waals surface area contributed by atoms with Gasteiger partial charge in [-0.1, -0.05) is 48.5 Å². The Morgan fingerprint density at radius 3 is 2.45 bits per heavy atom. The third-order valence-electron chi connectivity index (χ3n) is 6.24. The Hall–Kier alpha value is -2.92. The maximum Gasteiger partial charge on any atom is 0.256 e.